The number of halogens is 2. The van der Waals surface area contributed by atoms with Crippen LogP contribution < -0.4 is 0 Å². The molecule has 1 fully saturated rings. The van der Waals surface area contributed by atoms with E-state index in [1.807, 2.05) is 0 Å². The topological polar surface area (TPSA) is 29.5 Å². The molecule has 1 N–H and O–H groups in total. The summed E-state index contributed by atoms with van der Waals surface area (Å²) in [5.41, 5.74) is 0.00972. The Balaban J connectivity index is 2.07. The molecule has 1 saturated heterocycles. The minimum absolute atomic E-state index is 0.00972. The molecule has 1 aromatic carbocycles. The van der Waals surface area contributed by atoms with E-state index in [2.05, 4.69) is 0 Å². The van der Waals surface area contributed by atoms with Gasteiger partial charge in [0.25, 0.3) is 0 Å². The van der Waals surface area contributed by atoms with Crippen molar-refractivity contribution in [2.45, 2.75) is 31.5 Å². The van der Waals surface area contributed by atoms with Gasteiger partial charge in [-0.25, -0.2) is 8.78 Å². The van der Waals surface area contributed by atoms with Crippen LogP contribution in [-0.4, -0.2) is 17.8 Å². The van der Waals surface area contributed by atoms with Crippen molar-refractivity contribution in [1.82, 2.24) is 0 Å². The molecule has 0 radical (unpaired) electrons. The maximum Gasteiger partial charge on any atom is 0.129 e. The molecule has 0 amide bonds. The van der Waals surface area contributed by atoms with Crippen LogP contribution in [0.15, 0.2) is 18.2 Å². The molecule has 1 aliphatic heterocycles. The van der Waals surface area contributed by atoms with E-state index < -0.39 is 17.7 Å². The van der Waals surface area contributed by atoms with Crippen LogP contribution in [0.5, 0.6) is 0 Å². The van der Waals surface area contributed by atoms with E-state index >= 15 is 0 Å². The first kappa shape index (κ1) is 11.5. The van der Waals surface area contributed by atoms with Crippen LogP contribution in [0.3, 0.4) is 0 Å². The highest BCUT2D eigenvalue weighted by Gasteiger charge is 2.22. The molecular weight excluding hydrogens is 214 g/mol. The molecule has 1 aliphatic rings. The SMILES string of the molecule is OC(CC1CCCO1)c1cc(F)ccc1F. The minimum Gasteiger partial charge on any atom is -0.388 e. The van der Waals surface area contributed by atoms with Gasteiger partial charge in [0, 0.05) is 18.6 Å². The highest BCUT2D eigenvalue weighted by Crippen LogP contribution is 2.26. The third-order valence-corrected chi connectivity index (χ3v) is 2.83. The average molecular weight is 228 g/mol. The second-order valence-electron chi connectivity index (χ2n) is 4.05. The van der Waals surface area contributed by atoms with Crippen LogP contribution in [0, 0.1) is 11.6 Å². The lowest BCUT2D eigenvalue weighted by Crippen LogP contribution is -2.12. The summed E-state index contributed by atoms with van der Waals surface area (Å²) in [4.78, 5) is 0. The van der Waals surface area contributed by atoms with Crippen LogP contribution in [0.25, 0.3) is 0 Å². The molecule has 0 aromatic heterocycles. The van der Waals surface area contributed by atoms with Crippen LogP contribution in [-0.2, 0) is 4.74 Å². The molecule has 16 heavy (non-hydrogen) atoms. The van der Waals surface area contributed by atoms with Crippen molar-refractivity contribution in [3.8, 4) is 0 Å². The van der Waals surface area contributed by atoms with Gasteiger partial charge in [-0.1, -0.05) is 0 Å². The smallest absolute Gasteiger partial charge is 0.129 e. The zero-order valence-corrected chi connectivity index (χ0v) is 8.83. The summed E-state index contributed by atoms with van der Waals surface area (Å²) < 4.78 is 31.6. The molecule has 2 nitrogen and oxygen atoms in total. The summed E-state index contributed by atoms with van der Waals surface area (Å²) in [6.45, 7) is 0.684. The second-order valence-corrected chi connectivity index (χ2v) is 4.05. The Labute approximate surface area is 92.9 Å². The van der Waals surface area contributed by atoms with Crippen molar-refractivity contribution in [2.75, 3.05) is 6.61 Å². The van der Waals surface area contributed by atoms with Crippen molar-refractivity contribution in [2.24, 2.45) is 0 Å². The summed E-state index contributed by atoms with van der Waals surface area (Å²) in [5.74, 6) is -1.12. The first-order chi connectivity index (χ1) is 7.66. The molecule has 4 heteroatoms. The van der Waals surface area contributed by atoms with Crippen molar-refractivity contribution in [1.29, 1.82) is 0 Å². The Hall–Kier alpha value is -1.00. The van der Waals surface area contributed by atoms with Crippen LogP contribution >= 0.6 is 0 Å². The number of hydrogen-bond acceptors (Lipinski definition) is 2. The molecule has 1 aromatic rings. The Kier molecular flexibility index (Phi) is 3.51. The molecule has 2 unspecified atom stereocenters. The summed E-state index contributed by atoms with van der Waals surface area (Å²) in [5, 5.41) is 9.80. The number of benzene rings is 1. The molecule has 2 atom stereocenters. The van der Waals surface area contributed by atoms with Crippen LogP contribution in [0.1, 0.15) is 30.9 Å². The fourth-order valence-corrected chi connectivity index (χ4v) is 1.98. The van der Waals surface area contributed by atoms with Crippen molar-refractivity contribution < 1.29 is 18.6 Å². The standard InChI is InChI=1S/C12H14F2O2/c13-8-3-4-11(14)10(6-8)12(15)7-9-2-1-5-16-9/h3-4,6,9,12,15H,1-2,5,7H2. The van der Waals surface area contributed by atoms with Crippen molar-refractivity contribution in [3.63, 3.8) is 0 Å². The van der Waals surface area contributed by atoms with Crippen molar-refractivity contribution in [3.05, 3.63) is 35.4 Å². The summed E-state index contributed by atoms with van der Waals surface area (Å²) in [7, 11) is 0. The van der Waals surface area contributed by atoms with Gasteiger partial charge in [-0.2, -0.15) is 0 Å². The van der Waals surface area contributed by atoms with E-state index in [0.717, 1.165) is 31.0 Å². The zero-order chi connectivity index (χ0) is 11.5. The first-order valence-electron chi connectivity index (χ1n) is 5.41. The van der Waals surface area contributed by atoms with Gasteiger partial charge in [-0.05, 0) is 31.0 Å². The predicted octanol–water partition coefficient (Wildman–Crippen LogP) is 2.57. The summed E-state index contributed by atoms with van der Waals surface area (Å²) in [6.07, 6.45) is 1.11. The molecular formula is C12H14F2O2. The lowest BCUT2D eigenvalue weighted by atomic mass is 10.0. The van der Waals surface area contributed by atoms with Gasteiger partial charge in [0.2, 0.25) is 0 Å². The van der Waals surface area contributed by atoms with E-state index in [4.69, 9.17) is 4.74 Å². The third-order valence-electron chi connectivity index (χ3n) is 2.83. The van der Waals surface area contributed by atoms with Gasteiger partial charge in [0.1, 0.15) is 11.6 Å². The van der Waals surface area contributed by atoms with Crippen molar-refractivity contribution >= 4 is 0 Å². The fourth-order valence-electron chi connectivity index (χ4n) is 1.98. The minimum atomic E-state index is -1.00. The van der Waals surface area contributed by atoms with Gasteiger partial charge < -0.3 is 9.84 Å². The molecule has 0 bridgehead atoms. The van der Waals surface area contributed by atoms with Gasteiger partial charge in [-0.15, -0.1) is 0 Å². The molecule has 2 rings (SSSR count). The molecule has 0 aliphatic carbocycles. The quantitative estimate of drug-likeness (QED) is 0.861. The van der Waals surface area contributed by atoms with Crippen LogP contribution in [0.4, 0.5) is 8.78 Å². The number of ether oxygens (including phenoxy) is 1. The average Bonchev–Trinajstić information content (AvgIpc) is 2.74. The predicted molar refractivity (Wildman–Crippen MR) is 54.9 cm³/mol. The Morgan fingerprint density at radius 1 is 1.44 bits per heavy atom. The summed E-state index contributed by atoms with van der Waals surface area (Å²) in [6, 6.07) is 3.11. The molecule has 0 saturated carbocycles. The largest absolute Gasteiger partial charge is 0.388 e. The van der Waals surface area contributed by atoms with E-state index in [1.54, 1.807) is 0 Å². The summed E-state index contributed by atoms with van der Waals surface area (Å²) >= 11 is 0. The highest BCUT2D eigenvalue weighted by molar-refractivity contribution is 5.21. The fraction of sp³-hybridized carbons (Fsp3) is 0.500. The number of hydrogen-bond donors (Lipinski definition) is 1. The van der Waals surface area contributed by atoms with E-state index in [0.29, 0.717) is 13.0 Å². The Bertz CT molecular complexity index is 362. The lowest BCUT2D eigenvalue weighted by Gasteiger charge is -2.16. The van der Waals surface area contributed by atoms with Gasteiger partial charge >= 0.3 is 0 Å². The Morgan fingerprint density at radius 3 is 2.94 bits per heavy atom. The molecule has 1 heterocycles. The maximum atomic E-state index is 13.3. The zero-order valence-electron chi connectivity index (χ0n) is 8.83. The van der Waals surface area contributed by atoms with Crippen LogP contribution in [0.2, 0.25) is 0 Å². The van der Waals surface area contributed by atoms with E-state index in [1.165, 1.54) is 0 Å². The number of aliphatic hydroxyl groups excluding tert-OH is 1. The Morgan fingerprint density at radius 2 is 2.25 bits per heavy atom. The second kappa shape index (κ2) is 4.89. The number of rotatable bonds is 3. The third kappa shape index (κ3) is 2.57. The van der Waals surface area contributed by atoms with E-state index in [-0.39, 0.29) is 11.7 Å². The normalized spacial score (nSPS) is 22.3. The molecule has 88 valence electrons. The first-order valence-corrected chi connectivity index (χ1v) is 5.41. The van der Waals surface area contributed by atoms with E-state index in [9.17, 15) is 13.9 Å². The monoisotopic (exact) mass is 228 g/mol. The maximum absolute atomic E-state index is 13.3. The van der Waals surface area contributed by atoms with Gasteiger partial charge in [0.05, 0.1) is 12.2 Å². The van der Waals surface area contributed by atoms with Gasteiger partial charge in [-0.3, -0.25) is 0 Å². The lowest BCUT2D eigenvalue weighted by molar-refractivity contribution is 0.0520. The number of aliphatic hydroxyl groups is 1. The molecule has 0 spiro atoms. The van der Waals surface area contributed by atoms with Gasteiger partial charge in [0.15, 0.2) is 0 Å². The highest BCUT2D eigenvalue weighted by atomic mass is 19.1.